The number of nitrogens with zero attached hydrogens (tertiary/aromatic N) is 2. The number of nitrogen functional groups attached to an aromatic ring is 1. The predicted octanol–water partition coefficient (Wildman–Crippen LogP) is -0.374. The number of hydrogen-bond donors (Lipinski definition) is 3. The normalized spacial score (nSPS) is 10.8. The van der Waals surface area contributed by atoms with Crippen LogP contribution in [0.1, 0.15) is 12.0 Å². The number of rotatable bonds is 5. The molecule has 1 heterocycles. The lowest BCUT2D eigenvalue weighted by Crippen LogP contribution is -2.19. The van der Waals surface area contributed by atoms with Gasteiger partial charge in [-0.2, -0.15) is 5.26 Å². The van der Waals surface area contributed by atoms with Crippen LogP contribution in [0.25, 0.3) is 0 Å². The summed E-state index contributed by atoms with van der Waals surface area (Å²) in [6.45, 7) is 0.363. The molecule has 0 spiro atoms. The molecule has 7 nitrogen and oxygen atoms in total. The summed E-state index contributed by atoms with van der Waals surface area (Å²) in [5, 5.41) is 16.5. The van der Waals surface area contributed by atoms with Crippen molar-refractivity contribution in [2.24, 2.45) is 5.14 Å². The maximum atomic E-state index is 10.7. The highest BCUT2D eigenvalue weighted by atomic mass is 32.2. The van der Waals surface area contributed by atoms with Gasteiger partial charge in [0.25, 0.3) is 0 Å². The summed E-state index contributed by atoms with van der Waals surface area (Å²) in [5.41, 5.74) is 6.20. The molecule has 92 valence electrons. The number of primary sulfonamides is 1. The molecule has 0 fully saturated rings. The molecule has 1 aromatic rings. The molecule has 0 atom stereocenters. The first kappa shape index (κ1) is 13.2. The van der Waals surface area contributed by atoms with E-state index in [9.17, 15) is 8.42 Å². The van der Waals surface area contributed by atoms with Crippen LogP contribution in [0.2, 0.25) is 0 Å². The minimum Gasteiger partial charge on any atom is -0.397 e. The van der Waals surface area contributed by atoms with Gasteiger partial charge in [0, 0.05) is 6.54 Å². The van der Waals surface area contributed by atoms with Crippen LogP contribution >= 0.6 is 0 Å². The van der Waals surface area contributed by atoms with Gasteiger partial charge in [-0.3, -0.25) is 0 Å². The van der Waals surface area contributed by atoms with E-state index in [1.165, 1.54) is 12.3 Å². The molecule has 17 heavy (non-hydrogen) atoms. The monoisotopic (exact) mass is 255 g/mol. The largest absolute Gasteiger partial charge is 0.397 e. The summed E-state index contributed by atoms with van der Waals surface area (Å²) in [4.78, 5) is 3.94. The summed E-state index contributed by atoms with van der Waals surface area (Å²) in [7, 11) is -3.45. The van der Waals surface area contributed by atoms with E-state index in [1.54, 1.807) is 0 Å². The van der Waals surface area contributed by atoms with E-state index in [2.05, 4.69) is 10.3 Å². The van der Waals surface area contributed by atoms with Crippen molar-refractivity contribution >= 4 is 21.5 Å². The molecule has 0 aromatic carbocycles. The minimum atomic E-state index is -3.45. The number of hydrogen-bond acceptors (Lipinski definition) is 6. The minimum absolute atomic E-state index is 0.114. The van der Waals surface area contributed by atoms with Gasteiger partial charge in [-0.05, 0) is 12.5 Å². The van der Waals surface area contributed by atoms with Crippen LogP contribution in [0.4, 0.5) is 11.5 Å². The van der Waals surface area contributed by atoms with Gasteiger partial charge in [-0.15, -0.1) is 0 Å². The lowest BCUT2D eigenvalue weighted by atomic mass is 10.2. The highest BCUT2D eigenvalue weighted by Gasteiger charge is 2.05. The standard InChI is InChI=1S/C9H13N5O2S/c10-5-7-4-8(11)6-14-9(7)13-2-1-3-17(12,15)16/h4,6H,1-3,11H2,(H,13,14)(H2,12,15,16). The number of nitrogens with two attached hydrogens (primary N) is 2. The first-order chi connectivity index (χ1) is 7.92. The van der Waals surface area contributed by atoms with E-state index in [0.29, 0.717) is 30.0 Å². The fraction of sp³-hybridized carbons (Fsp3) is 0.333. The molecule has 0 aliphatic rings. The Hall–Kier alpha value is -1.85. The Morgan fingerprint density at radius 1 is 1.53 bits per heavy atom. The van der Waals surface area contributed by atoms with Crippen LogP contribution in [0, 0.1) is 11.3 Å². The number of aromatic nitrogens is 1. The summed E-state index contributed by atoms with van der Waals surface area (Å²) in [5.74, 6) is 0.271. The molecule has 0 bridgehead atoms. The Balaban J connectivity index is 2.56. The van der Waals surface area contributed by atoms with Gasteiger partial charge in [0.1, 0.15) is 11.9 Å². The van der Waals surface area contributed by atoms with Crippen molar-refractivity contribution < 1.29 is 8.42 Å². The van der Waals surface area contributed by atoms with Crippen LogP contribution in [0.5, 0.6) is 0 Å². The molecule has 0 unspecified atom stereocenters. The second-order valence-corrected chi connectivity index (χ2v) is 5.16. The summed E-state index contributed by atoms with van der Waals surface area (Å²) in [6, 6.07) is 3.44. The van der Waals surface area contributed by atoms with Gasteiger partial charge in [-0.1, -0.05) is 0 Å². The van der Waals surface area contributed by atoms with E-state index < -0.39 is 10.0 Å². The lowest BCUT2D eigenvalue weighted by Gasteiger charge is -2.06. The van der Waals surface area contributed by atoms with Gasteiger partial charge in [0.2, 0.25) is 10.0 Å². The van der Waals surface area contributed by atoms with Crippen molar-refractivity contribution in [1.82, 2.24) is 4.98 Å². The fourth-order valence-electron chi connectivity index (χ4n) is 1.19. The van der Waals surface area contributed by atoms with Gasteiger partial charge in [0.15, 0.2) is 0 Å². The smallest absolute Gasteiger partial charge is 0.209 e. The van der Waals surface area contributed by atoms with Crippen molar-refractivity contribution in [2.75, 3.05) is 23.3 Å². The Labute approximate surface area is 99.5 Å². The van der Waals surface area contributed by atoms with Crippen molar-refractivity contribution in [3.05, 3.63) is 17.8 Å². The molecule has 8 heteroatoms. The Morgan fingerprint density at radius 3 is 2.82 bits per heavy atom. The Bertz CT molecular complexity index is 535. The van der Waals surface area contributed by atoms with Crippen molar-refractivity contribution in [1.29, 1.82) is 5.26 Å². The van der Waals surface area contributed by atoms with Crippen molar-refractivity contribution in [3.63, 3.8) is 0 Å². The molecular formula is C9H13N5O2S. The molecule has 0 aliphatic heterocycles. The predicted molar refractivity (Wildman–Crippen MR) is 64.4 cm³/mol. The maximum absolute atomic E-state index is 10.7. The second kappa shape index (κ2) is 5.47. The molecule has 1 aromatic heterocycles. The molecule has 0 saturated heterocycles. The zero-order valence-electron chi connectivity index (χ0n) is 9.05. The zero-order chi connectivity index (χ0) is 12.9. The van der Waals surface area contributed by atoms with E-state index in [1.807, 2.05) is 6.07 Å². The van der Waals surface area contributed by atoms with Crippen LogP contribution in [0.15, 0.2) is 12.3 Å². The van der Waals surface area contributed by atoms with E-state index in [0.717, 1.165) is 0 Å². The summed E-state index contributed by atoms with van der Waals surface area (Å²) >= 11 is 0. The van der Waals surface area contributed by atoms with Crippen molar-refractivity contribution in [2.45, 2.75) is 6.42 Å². The van der Waals surface area contributed by atoms with E-state index in [-0.39, 0.29) is 5.75 Å². The lowest BCUT2D eigenvalue weighted by molar-refractivity contribution is 0.595. The number of anilines is 2. The van der Waals surface area contributed by atoms with Gasteiger partial charge in [0.05, 0.1) is 23.2 Å². The maximum Gasteiger partial charge on any atom is 0.209 e. The molecule has 0 radical (unpaired) electrons. The quantitative estimate of drug-likeness (QED) is 0.614. The zero-order valence-corrected chi connectivity index (χ0v) is 9.87. The Morgan fingerprint density at radius 2 is 2.24 bits per heavy atom. The molecule has 5 N–H and O–H groups in total. The van der Waals surface area contributed by atoms with Crippen LogP contribution in [-0.4, -0.2) is 25.7 Å². The first-order valence-electron chi connectivity index (χ1n) is 4.82. The average molecular weight is 255 g/mol. The van der Waals surface area contributed by atoms with Crippen LogP contribution in [-0.2, 0) is 10.0 Å². The highest BCUT2D eigenvalue weighted by Crippen LogP contribution is 2.13. The number of nitrogens with one attached hydrogen (secondary N) is 1. The third-order valence-electron chi connectivity index (χ3n) is 1.93. The van der Waals surface area contributed by atoms with Gasteiger partial charge >= 0.3 is 0 Å². The average Bonchev–Trinajstić information content (AvgIpc) is 2.24. The first-order valence-corrected chi connectivity index (χ1v) is 6.54. The van der Waals surface area contributed by atoms with Gasteiger partial charge in [-0.25, -0.2) is 18.5 Å². The topological polar surface area (TPSA) is 135 Å². The molecular weight excluding hydrogens is 242 g/mol. The number of pyridine rings is 1. The van der Waals surface area contributed by atoms with Gasteiger partial charge < -0.3 is 11.1 Å². The third-order valence-corrected chi connectivity index (χ3v) is 2.79. The van der Waals surface area contributed by atoms with E-state index in [4.69, 9.17) is 16.1 Å². The van der Waals surface area contributed by atoms with Crippen LogP contribution in [0.3, 0.4) is 0 Å². The third kappa shape index (κ3) is 4.67. The fourth-order valence-corrected chi connectivity index (χ4v) is 1.73. The molecule has 0 amide bonds. The summed E-state index contributed by atoms with van der Waals surface area (Å²) in [6.07, 6.45) is 1.76. The molecule has 1 rings (SSSR count). The second-order valence-electron chi connectivity index (χ2n) is 3.42. The molecule has 0 aliphatic carbocycles. The highest BCUT2D eigenvalue weighted by molar-refractivity contribution is 7.89. The molecule has 0 saturated carbocycles. The van der Waals surface area contributed by atoms with E-state index >= 15 is 0 Å². The summed E-state index contributed by atoms with van der Waals surface area (Å²) < 4.78 is 21.4. The number of nitriles is 1. The SMILES string of the molecule is N#Cc1cc(N)cnc1NCCCS(N)(=O)=O. The van der Waals surface area contributed by atoms with Crippen LogP contribution < -0.4 is 16.2 Å². The number of sulfonamides is 1. The van der Waals surface area contributed by atoms with Crippen molar-refractivity contribution in [3.8, 4) is 6.07 Å². The Kier molecular flexibility index (Phi) is 4.25.